The fourth-order valence-electron chi connectivity index (χ4n) is 1.78. The molecule has 0 aliphatic rings. The summed E-state index contributed by atoms with van der Waals surface area (Å²) < 4.78 is 0. The Morgan fingerprint density at radius 1 is 1.43 bits per heavy atom. The molecule has 0 saturated carbocycles. The molecule has 1 unspecified atom stereocenters. The molecule has 2 rings (SSSR count). The molecule has 0 aliphatic carbocycles. The second-order valence-corrected chi connectivity index (χ2v) is 4.46. The summed E-state index contributed by atoms with van der Waals surface area (Å²) in [6, 6.07) is 7.18. The van der Waals surface area contributed by atoms with Crippen LogP contribution in [0.1, 0.15) is 18.4 Å². The Kier molecular flexibility index (Phi) is 4.13. The Balaban J connectivity index is 2.16. The van der Waals surface area contributed by atoms with E-state index in [2.05, 4.69) is 10.3 Å². The smallest absolute Gasteiger partial charge is 0.312 e. The quantitative estimate of drug-likeness (QED) is 0.510. The summed E-state index contributed by atoms with van der Waals surface area (Å²) in [5.74, 6) is -1.21. The average molecular weight is 287 g/mol. The van der Waals surface area contributed by atoms with Gasteiger partial charge in [-0.1, -0.05) is 6.07 Å². The third kappa shape index (κ3) is 3.33. The average Bonchev–Trinajstić information content (AvgIpc) is 2.49. The number of pyridine rings is 1. The maximum atomic E-state index is 12.1. The lowest BCUT2D eigenvalue weighted by molar-refractivity contribution is -0.385. The molecule has 2 aromatic rings. The Morgan fingerprint density at radius 2 is 2.19 bits per heavy atom. The van der Waals surface area contributed by atoms with Gasteiger partial charge in [0.1, 0.15) is 0 Å². The first-order valence-electron chi connectivity index (χ1n) is 6.17. The van der Waals surface area contributed by atoms with Crippen molar-refractivity contribution in [3.05, 3.63) is 58.4 Å². The zero-order chi connectivity index (χ0) is 15.4. The lowest BCUT2D eigenvalue weighted by atomic mass is 10.0. The molecule has 1 heterocycles. The van der Waals surface area contributed by atoms with Gasteiger partial charge in [-0.3, -0.25) is 19.9 Å². The number of nitro groups is 1. The molecule has 0 bridgehead atoms. The summed E-state index contributed by atoms with van der Waals surface area (Å²) in [4.78, 5) is 26.1. The van der Waals surface area contributed by atoms with Gasteiger partial charge in [0.25, 0.3) is 0 Å². The molecule has 0 radical (unpaired) electrons. The van der Waals surface area contributed by atoms with Gasteiger partial charge in [-0.2, -0.15) is 0 Å². The topological polar surface area (TPSA) is 105 Å². The number of rotatable bonds is 4. The molecule has 21 heavy (non-hydrogen) atoms. The molecule has 7 heteroatoms. The van der Waals surface area contributed by atoms with Crippen molar-refractivity contribution in [3.8, 4) is 5.75 Å². The van der Waals surface area contributed by atoms with Crippen molar-refractivity contribution >= 4 is 17.3 Å². The number of benzene rings is 1. The van der Waals surface area contributed by atoms with Gasteiger partial charge in [0.2, 0.25) is 5.91 Å². The molecular weight excluding hydrogens is 274 g/mol. The van der Waals surface area contributed by atoms with Crippen molar-refractivity contribution in [2.75, 3.05) is 5.32 Å². The molecule has 108 valence electrons. The van der Waals surface area contributed by atoms with Crippen molar-refractivity contribution in [1.29, 1.82) is 0 Å². The van der Waals surface area contributed by atoms with Gasteiger partial charge in [0, 0.05) is 24.1 Å². The van der Waals surface area contributed by atoms with E-state index in [4.69, 9.17) is 0 Å². The van der Waals surface area contributed by atoms with E-state index in [1.165, 1.54) is 12.1 Å². The van der Waals surface area contributed by atoms with Crippen LogP contribution >= 0.6 is 0 Å². The number of carbonyl (C=O) groups excluding carboxylic acids is 1. The summed E-state index contributed by atoms with van der Waals surface area (Å²) in [5, 5.41) is 22.7. The summed E-state index contributed by atoms with van der Waals surface area (Å²) in [6.07, 6.45) is 3.20. The van der Waals surface area contributed by atoms with E-state index in [0.29, 0.717) is 0 Å². The number of hydrogen-bond acceptors (Lipinski definition) is 5. The Labute approximate surface area is 120 Å². The normalized spacial score (nSPS) is 11.7. The first-order chi connectivity index (χ1) is 9.99. The summed E-state index contributed by atoms with van der Waals surface area (Å²) in [6.45, 7) is 1.71. The van der Waals surface area contributed by atoms with Crippen LogP contribution in [0.3, 0.4) is 0 Å². The molecule has 1 aromatic heterocycles. The SMILES string of the molecule is CC(C(=O)Nc1ccc(O)c([N+](=O)[O-])c1)c1cccnc1. The molecule has 1 aromatic carbocycles. The van der Waals surface area contributed by atoms with Crippen LogP contribution < -0.4 is 5.32 Å². The number of hydrogen-bond donors (Lipinski definition) is 2. The number of carbonyl (C=O) groups is 1. The lowest BCUT2D eigenvalue weighted by Gasteiger charge is -2.12. The highest BCUT2D eigenvalue weighted by Gasteiger charge is 2.18. The maximum Gasteiger partial charge on any atom is 0.312 e. The van der Waals surface area contributed by atoms with Gasteiger partial charge in [-0.25, -0.2) is 0 Å². The first kappa shape index (κ1) is 14.4. The lowest BCUT2D eigenvalue weighted by Crippen LogP contribution is -2.19. The van der Waals surface area contributed by atoms with E-state index in [-0.39, 0.29) is 11.6 Å². The fourth-order valence-corrected chi connectivity index (χ4v) is 1.78. The van der Waals surface area contributed by atoms with E-state index < -0.39 is 22.3 Å². The minimum absolute atomic E-state index is 0.250. The van der Waals surface area contributed by atoms with Crippen molar-refractivity contribution in [1.82, 2.24) is 4.98 Å². The van der Waals surface area contributed by atoms with Crippen LogP contribution in [-0.4, -0.2) is 20.9 Å². The van der Waals surface area contributed by atoms with Crippen LogP contribution in [0.5, 0.6) is 5.75 Å². The molecule has 7 nitrogen and oxygen atoms in total. The van der Waals surface area contributed by atoms with Crippen molar-refractivity contribution in [3.63, 3.8) is 0 Å². The standard InChI is InChI=1S/C14H13N3O4/c1-9(10-3-2-6-15-8-10)14(19)16-11-4-5-13(18)12(7-11)17(20)21/h2-9,18H,1H3,(H,16,19). The van der Waals surface area contributed by atoms with Gasteiger partial charge in [-0.15, -0.1) is 0 Å². The molecule has 1 amide bonds. The third-order valence-corrected chi connectivity index (χ3v) is 3.02. The summed E-state index contributed by atoms with van der Waals surface area (Å²) >= 11 is 0. The van der Waals surface area contributed by atoms with Gasteiger partial charge < -0.3 is 10.4 Å². The number of nitro benzene ring substituents is 1. The van der Waals surface area contributed by atoms with Crippen LogP contribution in [0.15, 0.2) is 42.7 Å². The number of anilines is 1. The fraction of sp³-hybridized carbons (Fsp3) is 0.143. The highest BCUT2D eigenvalue weighted by atomic mass is 16.6. The molecule has 0 aliphatic heterocycles. The zero-order valence-electron chi connectivity index (χ0n) is 11.2. The van der Waals surface area contributed by atoms with Crippen LogP contribution in [0.25, 0.3) is 0 Å². The maximum absolute atomic E-state index is 12.1. The van der Waals surface area contributed by atoms with E-state index in [1.807, 2.05) is 0 Å². The van der Waals surface area contributed by atoms with Crippen molar-refractivity contribution < 1.29 is 14.8 Å². The van der Waals surface area contributed by atoms with Crippen LogP contribution in [-0.2, 0) is 4.79 Å². The molecule has 0 saturated heterocycles. The number of phenols is 1. The first-order valence-corrected chi connectivity index (χ1v) is 6.17. The second kappa shape index (κ2) is 6.00. The molecule has 0 fully saturated rings. The minimum atomic E-state index is -0.713. The van der Waals surface area contributed by atoms with Gasteiger partial charge in [0.15, 0.2) is 5.75 Å². The largest absolute Gasteiger partial charge is 0.502 e. The molecule has 2 N–H and O–H groups in total. The zero-order valence-corrected chi connectivity index (χ0v) is 11.2. The van der Waals surface area contributed by atoms with Crippen molar-refractivity contribution in [2.45, 2.75) is 12.8 Å². The van der Waals surface area contributed by atoms with Crippen LogP contribution in [0.4, 0.5) is 11.4 Å². The van der Waals surface area contributed by atoms with Gasteiger partial charge >= 0.3 is 5.69 Å². The van der Waals surface area contributed by atoms with E-state index >= 15 is 0 Å². The Morgan fingerprint density at radius 3 is 2.81 bits per heavy atom. The van der Waals surface area contributed by atoms with Crippen molar-refractivity contribution in [2.24, 2.45) is 0 Å². The number of amides is 1. The summed E-state index contributed by atoms with van der Waals surface area (Å²) in [7, 11) is 0. The highest BCUT2D eigenvalue weighted by Crippen LogP contribution is 2.29. The van der Waals surface area contributed by atoms with E-state index in [0.717, 1.165) is 11.6 Å². The third-order valence-electron chi connectivity index (χ3n) is 3.02. The van der Waals surface area contributed by atoms with Gasteiger partial charge in [0.05, 0.1) is 10.8 Å². The van der Waals surface area contributed by atoms with Gasteiger partial charge in [-0.05, 0) is 30.7 Å². The number of nitrogens with zero attached hydrogens (tertiary/aromatic N) is 2. The molecular formula is C14H13N3O4. The number of aromatic nitrogens is 1. The number of nitrogens with one attached hydrogen (secondary N) is 1. The molecule has 1 atom stereocenters. The predicted molar refractivity (Wildman–Crippen MR) is 76.0 cm³/mol. The highest BCUT2D eigenvalue weighted by molar-refractivity contribution is 5.95. The number of aromatic hydroxyl groups is 1. The Hall–Kier alpha value is -2.96. The van der Waals surface area contributed by atoms with E-state index in [9.17, 15) is 20.0 Å². The molecule has 0 spiro atoms. The second-order valence-electron chi connectivity index (χ2n) is 4.46. The van der Waals surface area contributed by atoms with Crippen LogP contribution in [0, 0.1) is 10.1 Å². The number of phenolic OH excluding ortho intramolecular Hbond substituents is 1. The monoisotopic (exact) mass is 287 g/mol. The Bertz CT molecular complexity index is 673. The van der Waals surface area contributed by atoms with E-state index in [1.54, 1.807) is 31.5 Å². The minimum Gasteiger partial charge on any atom is -0.502 e. The summed E-state index contributed by atoms with van der Waals surface area (Å²) in [5.41, 5.74) is 0.533. The predicted octanol–water partition coefficient (Wildman–Crippen LogP) is 2.44. The van der Waals surface area contributed by atoms with Crippen LogP contribution in [0.2, 0.25) is 0 Å².